The summed E-state index contributed by atoms with van der Waals surface area (Å²) in [6, 6.07) is 12.6. The molecule has 3 aromatic rings. The van der Waals surface area contributed by atoms with E-state index in [4.69, 9.17) is 4.74 Å². The molecular formula is C20H20N4O3S. The molecular weight excluding hydrogens is 376 g/mol. The Bertz CT molecular complexity index is 995. The maximum Gasteiger partial charge on any atom is 0.346 e. The number of nitrogens with zero attached hydrogens (tertiary/aromatic N) is 2. The summed E-state index contributed by atoms with van der Waals surface area (Å²) >= 11 is 1.46. The summed E-state index contributed by atoms with van der Waals surface area (Å²) in [6.07, 6.45) is 3.61. The standard InChI is InChI=1S/C20H20N4O3S/c1-2-3-10-27-15-8-6-14(7-9-15)13-21-24-19(25)17-12-16(22-20(26)23-17)18-5-4-11-28-18/h4-9,11-13H,2-3,10H2,1H3,(H,24,25)(H,22,23,26)/b21-13+. The number of aromatic nitrogens is 2. The van der Waals surface area contributed by atoms with E-state index < -0.39 is 11.6 Å². The molecule has 0 bridgehead atoms. The van der Waals surface area contributed by atoms with E-state index in [1.165, 1.54) is 23.6 Å². The molecule has 28 heavy (non-hydrogen) atoms. The van der Waals surface area contributed by atoms with E-state index in [2.05, 4.69) is 27.4 Å². The molecule has 0 aliphatic heterocycles. The number of nitrogens with one attached hydrogen (secondary N) is 2. The van der Waals surface area contributed by atoms with Gasteiger partial charge in [0.05, 0.1) is 23.4 Å². The highest BCUT2D eigenvalue weighted by atomic mass is 32.1. The normalized spacial score (nSPS) is 10.9. The number of unbranched alkanes of at least 4 members (excludes halogenated alkanes) is 1. The van der Waals surface area contributed by atoms with Crippen LogP contribution < -0.4 is 15.9 Å². The Labute approximate surface area is 166 Å². The minimum Gasteiger partial charge on any atom is -0.494 e. The molecule has 2 N–H and O–H groups in total. The molecule has 1 amide bonds. The highest BCUT2D eigenvalue weighted by Crippen LogP contribution is 2.21. The van der Waals surface area contributed by atoms with Gasteiger partial charge in [0.1, 0.15) is 11.4 Å². The van der Waals surface area contributed by atoms with Crippen molar-refractivity contribution in [3.63, 3.8) is 0 Å². The summed E-state index contributed by atoms with van der Waals surface area (Å²) in [5.74, 6) is 0.239. The fourth-order valence-corrected chi connectivity index (χ4v) is 3.04. The van der Waals surface area contributed by atoms with Crippen molar-refractivity contribution in [3.05, 3.63) is 69.6 Å². The molecule has 2 heterocycles. The fourth-order valence-electron chi connectivity index (χ4n) is 2.35. The van der Waals surface area contributed by atoms with E-state index in [0.717, 1.165) is 29.0 Å². The number of carbonyl (C=O) groups excluding carboxylic acids is 1. The van der Waals surface area contributed by atoms with Crippen molar-refractivity contribution in [3.8, 4) is 16.3 Å². The average molecular weight is 396 g/mol. The van der Waals surface area contributed by atoms with Gasteiger partial charge < -0.3 is 9.72 Å². The number of thiophene rings is 1. The van der Waals surface area contributed by atoms with Gasteiger partial charge in [-0.2, -0.15) is 10.1 Å². The van der Waals surface area contributed by atoms with Crippen LogP contribution in [-0.4, -0.2) is 28.7 Å². The number of benzene rings is 1. The van der Waals surface area contributed by atoms with Crippen LogP contribution in [0.25, 0.3) is 10.6 Å². The summed E-state index contributed by atoms with van der Waals surface area (Å²) in [5.41, 5.74) is 3.16. The van der Waals surface area contributed by atoms with E-state index in [1.54, 1.807) is 0 Å². The molecule has 0 unspecified atom stereocenters. The van der Waals surface area contributed by atoms with Crippen LogP contribution in [0.5, 0.6) is 5.75 Å². The first kappa shape index (κ1) is 19.5. The van der Waals surface area contributed by atoms with Crippen LogP contribution in [-0.2, 0) is 0 Å². The van der Waals surface area contributed by atoms with Gasteiger partial charge in [0.15, 0.2) is 0 Å². The third-order valence-corrected chi connectivity index (χ3v) is 4.69. The number of hydrogen-bond acceptors (Lipinski definition) is 6. The molecule has 3 rings (SSSR count). The minimum atomic E-state index is -0.585. The highest BCUT2D eigenvalue weighted by Gasteiger charge is 2.11. The van der Waals surface area contributed by atoms with Crippen LogP contribution >= 0.6 is 11.3 Å². The van der Waals surface area contributed by atoms with Gasteiger partial charge in [0, 0.05) is 0 Å². The maximum atomic E-state index is 12.3. The molecule has 0 fully saturated rings. The lowest BCUT2D eigenvalue weighted by molar-refractivity contribution is 0.0949. The number of amides is 1. The number of hydrogen-bond donors (Lipinski definition) is 2. The molecule has 7 nitrogen and oxygen atoms in total. The average Bonchev–Trinajstić information content (AvgIpc) is 3.24. The van der Waals surface area contributed by atoms with Gasteiger partial charge >= 0.3 is 5.69 Å². The van der Waals surface area contributed by atoms with Gasteiger partial charge in [-0.1, -0.05) is 19.4 Å². The monoisotopic (exact) mass is 396 g/mol. The zero-order valence-corrected chi connectivity index (χ0v) is 16.2. The molecule has 0 radical (unpaired) electrons. The third kappa shape index (κ3) is 5.37. The summed E-state index contributed by atoms with van der Waals surface area (Å²) in [4.78, 5) is 31.2. The van der Waals surface area contributed by atoms with Gasteiger partial charge in [0.25, 0.3) is 5.91 Å². The van der Waals surface area contributed by atoms with Gasteiger partial charge in [-0.25, -0.2) is 10.2 Å². The molecule has 0 atom stereocenters. The van der Waals surface area contributed by atoms with Gasteiger partial charge in [-0.15, -0.1) is 11.3 Å². The molecule has 144 valence electrons. The Morgan fingerprint density at radius 3 is 2.86 bits per heavy atom. The number of aromatic amines is 1. The molecule has 0 saturated heterocycles. The molecule has 0 aliphatic carbocycles. The van der Waals surface area contributed by atoms with Crippen molar-refractivity contribution in [2.45, 2.75) is 19.8 Å². The Hall–Kier alpha value is -3.26. The van der Waals surface area contributed by atoms with Gasteiger partial charge in [0.2, 0.25) is 0 Å². The largest absolute Gasteiger partial charge is 0.494 e. The first-order valence-corrected chi connectivity index (χ1v) is 9.75. The molecule has 2 aromatic heterocycles. The van der Waals surface area contributed by atoms with Gasteiger partial charge in [-0.3, -0.25) is 4.79 Å². The molecule has 0 aliphatic rings. The van der Waals surface area contributed by atoms with Crippen LogP contribution in [0.15, 0.2) is 57.7 Å². The van der Waals surface area contributed by atoms with E-state index in [1.807, 2.05) is 41.8 Å². The van der Waals surface area contributed by atoms with Crippen LogP contribution in [0.4, 0.5) is 0 Å². The summed E-state index contributed by atoms with van der Waals surface area (Å²) < 4.78 is 5.60. The second kappa shape index (κ2) is 9.61. The minimum absolute atomic E-state index is 0.00368. The lowest BCUT2D eigenvalue weighted by atomic mass is 10.2. The maximum absolute atomic E-state index is 12.3. The predicted molar refractivity (Wildman–Crippen MR) is 110 cm³/mol. The second-order valence-corrected chi connectivity index (χ2v) is 6.88. The number of hydrazone groups is 1. The highest BCUT2D eigenvalue weighted by molar-refractivity contribution is 7.13. The molecule has 0 saturated carbocycles. The quantitative estimate of drug-likeness (QED) is 0.346. The number of rotatable bonds is 8. The van der Waals surface area contributed by atoms with Crippen molar-refractivity contribution in [2.24, 2.45) is 5.10 Å². The first-order valence-electron chi connectivity index (χ1n) is 8.87. The first-order chi connectivity index (χ1) is 13.7. The van der Waals surface area contributed by atoms with E-state index in [0.29, 0.717) is 12.3 Å². The fraction of sp³-hybridized carbons (Fsp3) is 0.200. The van der Waals surface area contributed by atoms with Crippen LogP contribution in [0.1, 0.15) is 35.8 Å². The SMILES string of the molecule is CCCCOc1ccc(/C=N/NC(=O)c2cc(-c3cccs3)[nH]c(=O)n2)cc1. The molecule has 1 aromatic carbocycles. The topological polar surface area (TPSA) is 96.4 Å². The van der Waals surface area contributed by atoms with E-state index in [-0.39, 0.29) is 5.69 Å². The van der Waals surface area contributed by atoms with Crippen molar-refractivity contribution < 1.29 is 9.53 Å². The van der Waals surface area contributed by atoms with Crippen LogP contribution in [0.3, 0.4) is 0 Å². The number of H-pyrrole nitrogens is 1. The van der Waals surface area contributed by atoms with Crippen LogP contribution in [0.2, 0.25) is 0 Å². The van der Waals surface area contributed by atoms with Crippen molar-refractivity contribution in [2.75, 3.05) is 6.61 Å². The predicted octanol–water partition coefficient (Wildman–Crippen LogP) is 3.44. The second-order valence-electron chi connectivity index (χ2n) is 5.93. The number of ether oxygens (including phenoxy) is 1. The van der Waals surface area contributed by atoms with Crippen molar-refractivity contribution in [1.82, 2.24) is 15.4 Å². The van der Waals surface area contributed by atoms with Crippen molar-refractivity contribution in [1.29, 1.82) is 0 Å². The van der Waals surface area contributed by atoms with Crippen molar-refractivity contribution >= 4 is 23.5 Å². The Balaban J connectivity index is 1.61. The Morgan fingerprint density at radius 1 is 1.32 bits per heavy atom. The Kier molecular flexibility index (Phi) is 6.69. The number of carbonyl (C=O) groups is 1. The van der Waals surface area contributed by atoms with E-state index in [9.17, 15) is 9.59 Å². The third-order valence-electron chi connectivity index (χ3n) is 3.79. The summed E-state index contributed by atoms with van der Waals surface area (Å²) in [7, 11) is 0. The molecule has 0 spiro atoms. The summed E-state index contributed by atoms with van der Waals surface area (Å²) in [5, 5.41) is 5.82. The van der Waals surface area contributed by atoms with E-state index >= 15 is 0 Å². The lowest BCUT2D eigenvalue weighted by Crippen LogP contribution is -2.24. The van der Waals surface area contributed by atoms with Crippen LogP contribution in [0, 0.1) is 0 Å². The van der Waals surface area contributed by atoms with Gasteiger partial charge in [-0.05, 0) is 53.8 Å². The zero-order chi connectivity index (χ0) is 19.8. The smallest absolute Gasteiger partial charge is 0.346 e. The zero-order valence-electron chi connectivity index (χ0n) is 15.3. The lowest BCUT2D eigenvalue weighted by Gasteiger charge is -2.05. The molecule has 8 heteroatoms. The Morgan fingerprint density at radius 2 is 2.14 bits per heavy atom. The summed E-state index contributed by atoms with van der Waals surface area (Å²) in [6.45, 7) is 2.80.